The molecule has 0 aliphatic heterocycles. The van der Waals surface area contributed by atoms with Crippen LogP contribution in [-0.2, 0) is 6.42 Å². The molecule has 0 spiro atoms. The summed E-state index contributed by atoms with van der Waals surface area (Å²) >= 11 is 0. The lowest BCUT2D eigenvalue weighted by Gasteiger charge is -2.17. The van der Waals surface area contributed by atoms with E-state index >= 15 is 0 Å². The van der Waals surface area contributed by atoms with Gasteiger partial charge in [-0.05, 0) is 35.2 Å². The van der Waals surface area contributed by atoms with Crippen molar-refractivity contribution >= 4 is 10.8 Å². The average molecular weight is 276 g/mol. The van der Waals surface area contributed by atoms with E-state index in [4.69, 9.17) is 5.84 Å². The Balaban J connectivity index is 1.88. The van der Waals surface area contributed by atoms with Crippen LogP contribution in [0, 0.1) is 6.92 Å². The molecule has 1 unspecified atom stereocenters. The van der Waals surface area contributed by atoms with Crippen LogP contribution in [0.3, 0.4) is 0 Å². The number of nitrogens with one attached hydrogen (secondary N) is 1. The Morgan fingerprint density at radius 1 is 0.905 bits per heavy atom. The smallest absolute Gasteiger partial charge is 0.0500 e. The van der Waals surface area contributed by atoms with E-state index in [0.717, 1.165) is 6.42 Å². The molecular formula is C19H20N2. The van der Waals surface area contributed by atoms with E-state index in [2.05, 4.69) is 79.1 Å². The van der Waals surface area contributed by atoms with E-state index in [1.54, 1.807) is 0 Å². The highest BCUT2D eigenvalue weighted by Crippen LogP contribution is 2.22. The van der Waals surface area contributed by atoms with Crippen molar-refractivity contribution in [3.63, 3.8) is 0 Å². The van der Waals surface area contributed by atoms with Gasteiger partial charge in [0.25, 0.3) is 0 Å². The molecule has 3 aromatic carbocycles. The Bertz CT molecular complexity index is 749. The third kappa shape index (κ3) is 3.13. The summed E-state index contributed by atoms with van der Waals surface area (Å²) in [5, 5.41) is 2.55. The molecule has 21 heavy (non-hydrogen) atoms. The molecule has 0 aliphatic carbocycles. The number of hydrogen-bond donors (Lipinski definition) is 2. The Morgan fingerprint density at radius 3 is 2.48 bits per heavy atom. The second kappa shape index (κ2) is 6.08. The molecule has 106 valence electrons. The maximum absolute atomic E-state index is 5.77. The van der Waals surface area contributed by atoms with Crippen LogP contribution in [0.2, 0.25) is 0 Å². The largest absolute Gasteiger partial charge is 0.271 e. The number of fused-ring (bicyclic) bond motifs is 1. The number of hydrogen-bond acceptors (Lipinski definition) is 2. The predicted octanol–water partition coefficient (Wildman–Crippen LogP) is 3.90. The number of rotatable bonds is 4. The summed E-state index contributed by atoms with van der Waals surface area (Å²) < 4.78 is 0. The number of aryl methyl sites for hydroxylation is 1. The summed E-state index contributed by atoms with van der Waals surface area (Å²) in [5.74, 6) is 5.77. The van der Waals surface area contributed by atoms with Crippen LogP contribution in [-0.4, -0.2) is 0 Å². The highest BCUT2D eigenvalue weighted by molar-refractivity contribution is 5.83. The number of nitrogens with two attached hydrogens (primary N) is 1. The lowest BCUT2D eigenvalue weighted by atomic mass is 9.96. The fourth-order valence-electron chi connectivity index (χ4n) is 2.76. The highest BCUT2D eigenvalue weighted by Gasteiger charge is 2.11. The summed E-state index contributed by atoms with van der Waals surface area (Å²) in [5.41, 5.74) is 6.72. The summed E-state index contributed by atoms with van der Waals surface area (Å²) in [7, 11) is 0. The first-order chi connectivity index (χ1) is 10.3. The van der Waals surface area contributed by atoms with Crippen LogP contribution in [0.1, 0.15) is 22.7 Å². The van der Waals surface area contributed by atoms with Crippen LogP contribution in [0.5, 0.6) is 0 Å². The molecule has 0 amide bonds. The van der Waals surface area contributed by atoms with Gasteiger partial charge in [0.15, 0.2) is 0 Å². The van der Waals surface area contributed by atoms with Crippen molar-refractivity contribution in [2.24, 2.45) is 5.84 Å². The van der Waals surface area contributed by atoms with E-state index in [9.17, 15) is 0 Å². The lowest BCUT2D eigenvalue weighted by molar-refractivity contribution is 0.552. The van der Waals surface area contributed by atoms with Crippen molar-refractivity contribution in [1.29, 1.82) is 0 Å². The molecule has 3 N–H and O–H groups in total. The van der Waals surface area contributed by atoms with Gasteiger partial charge >= 0.3 is 0 Å². The molecule has 2 heteroatoms. The van der Waals surface area contributed by atoms with Gasteiger partial charge in [-0.3, -0.25) is 11.3 Å². The minimum atomic E-state index is 0.131. The molecule has 0 radical (unpaired) electrons. The maximum Gasteiger partial charge on any atom is 0.0500 e. The monoisotopic (exact) mass is 276 g/mol. The molecule has 2 nitrogen and oxygen atoms in total. The average Bonchev–Trinajstić information content (AvgIpc) is 2.52. The molecule has 3 rings (SSSR count). The highest BCUT2D eigenvalue weighted by atomic mass is 15.2. The van der Waals surface area contributed by atoms with Crippen molar-refractivity contribution in [1.82, 2.24) is 5.43 Å². The normalized spacial score (nSPS) is 12.5. The van der Waals surface area contributed by atoms with Gasteiger partial charge in [0, 0.05) is 6.04 Å². The van der Waals surface area contributed by atoms with Gasteiger partial charge in [0.2, 0.25) is 0 Å². The van der Waals surface area contributed by atoms with Gasteiger partial charge < -0.3 is 0 Å². The molecule has 0 heterocycles. The fraction of sp³-hybridized carbons (Fsp3) is 0.158. The van der Waals surface area contributed by atoms with Gasteiger partial charge in [-0.25, -0.2) is 0 Å². The second-order valence-corrected chi connectivity index (χ2v) is 5.52. The molecular weight excluding hydrogens is 256 g/mol. The molecule has 0 saturated carbocycles. The van der Waals surface area contributed by atoms with E-state index in [1.807, 2.05) is 0 Å². The van der Waals surface area contributed by atoms with E-state index in [1.165, 1.54) is 27.5 Å². The van der Waals surface area contributed by atoms with Crippen molar-refractivity contribution < 1.29 is 0 Å². The quantitative estimate of drug-likeness (QED) is 0.560. The van der Waals surface area contributed by atoms with Gasteiger partial charge in [-0.1, -0.05) is 72.3 Å². The van der Waals surface area contributed by atoms with Gasteiger partial charge in [-0.15, -0.1) is 0 Å². The second-order valence-electron chi connectivity index (χ2n) is 5.52. The summed E-state index contributed by atoms with van der Waals surface area (Å²) in [6.45, 7) is 2.10. The maximum atomic E-state index is 5.77. The van der Waals surface area contributed by atoms with Crippen molar-refractivity contribution in [3.8, 4) is 0 Å². The van der Waals surface area contributed by atoms with Crippen LogP contribution in [0.25, 0.3) is 10.8 Å². The van der Waals surface area contributed by atoms with Crippen LogP contribution < -0.4 is 11.3 Å². The zero-order valence-electron chi connectivity index (χ0n) is 12.2. The SMILES string of the molecule is Cc1cccc(C(Cc2ccc3ccccc3c2)NN)c1. The van der Waals surface area contributed by atoms with Crippen LogP contribution >= 0.6 is 0 Å². The van der Waals surface area contributed by atoms with E-state index < -0.39 is 0 Å². The minimum absolute atomic E-state index is 0.131. The Labute approximate surface area is 125 Å². The molecule has 0 bridgehead atoms. The molecule has 0 saturated heterocycles. The van der Waals surface area contributed by atoms with Gasteiger partial charge in [0.05, 0.1) is 0 Å². The predicted molar refractivity (Wildman–Crippen MR) is 88.9 cm³/mol. The molecule has 1 atom stereocenters. The fourth-order valence-corrected chi connectivity index (χ4v) is 2.76. The first-order valence-corrected chi connectivity index (χ1v) is 7.26. The van der Waals surface area contributed by atoms with Crippen molar-refractivity contribution in [3.05, 3.63) is 83.4 Å². The van der Waals surface area contributed by atoms with Crippen molar-refractivity contribution in [2.75, 3.05) is 0 Å². The molecule has 0 aromatic heterocycles. The number of hydrazine groups is 1. The summed E-state index contributed by atoms with van der Waals surface area (Å²) in [6.07, 6.45) is 0.880. The first kappa shape index (κ1) is 13.8. The minimum Gasteiger partial charge on any atom is -0.271 e. The molecule has 0 fully saturated rings. The first-order valence-electron chi connectivity index (χ1n) is 7.26. The Kier molecular flexibility index (Phi) is 4.00. The lowest BCUT2D eigenvalue weighted by Crippen LogP contribution is -2.29. The van der Waals surface area contributed by atoms with Crippen molar-refractivity contribution in [2.45, 2.75) is 19.4 Å². The third-order valence-corrected chi connectivity index (χ3v) is 3.90. The van der Waals surface area contributed by atoms with E-state index in [0.29, 0.717) is 0 Å². The zero-order chi connectivity index (χ0) is 14.7. The standard InChI is InChI=1S/C19H20N2/c1-14-5-4-8-18(11-14)19(21-20)13-15-9-10-16-6-2-3-7-17(16)12-15/h2-12,19,21H,13,20H2,1H3. The molecule has 3 aromatic rings. The Morgan fingerprint density at radius 2 is 1.71 bits per heavy atom. The topological polar surface area (TPSA) is 38.0 Å². The summed E-state index contributed by atoms with van der Waals surface area (Å²) in [4.78, 5) is 0. The van der Waals surface area contributed by atoms with Gasteiger partial charge in [0.1, 0.15) is 0 Å². The third-order valence-electron chi connectivity index (χ3n) is 3.90. The van der Waals surface area contributed by atoms with E-state index in [-0.39, 0.29) is 6.04 Å². The zero-order valence-corrected chi connectivity index (χ0v) is 12.2. The van der Waals surface area contributed by atoms with Crippen LogP contribution in [0.4, 0.5) is 0 Å². The summed E-state index contributed by atoms with van der Waals surface area (Å²) in [6, 6.07) is 23.7. The van der Waals surface area contributed by atoms with Gasteiger partial charge in [-0.2, -0.15) is 0 Å². The van der Waals surface area contributed by atoms with Crippen LogP contribution in [0.15, 0.2) is 66.7 Å². The Hall–Kier alpha value is -2.16. The number of benzene rings is 3. The molecule has 0 aliphatic rings.